The van der Waals surface area contributed by atoms with Gasteiger partial charge in [0.05, 0.1) is 11.3 Å². The zero-order chi connectivity index (χ0) is 16.4. The van der Waals surface area contributed by atoms with Gasteiger partial charge in [-0.15, -0.1) is 0 Å². The highest BCUT2D eigenvalue weighted by Crippen LogP contribution is 2.67. The molecular weight excluding hydrogens is 324 g/mol. The van der Waals surface area contributed by atoms with Crippen LogP contribution in [-0.4, -0.2) is 20.9 Å². The molecule has 2 aliphatic carbocycles. The van der Waals surface area contributed by atoms with Gasteiger partial charge in [0.1, 0.15) is 11.0 Å². The Morgan fingerprint density at radius 1 is 1.30 bits per heavy atom. The standard InChI is InChI=1S/C16H14ClF2N3O/c1-7-21-14(9-4-10-11(5-9)16(10,18)19)13(15(23)22-7)8-2-3-12(17)20-6-8/h2-3,6,9-11H,4-5H2,1H3,(H,21,22,23)/t9-,10+,11-. The van der Waals surface area contributed by atoms with Crippen LogP contribution < -0.4 is 5.56 Å². The first-order valence-electron chi connectivity index (χ1n) is 7.48. The van der Waals surface area contributed by atoms with E-state index in [1.54, 1.807) is 19.1 Å². The van der Waals surface area contributed by atoms with E-state index < -0.39 is 17.8 Å². The highest BCUT2D eigenvalue weighted by molar-refractivity contribution is 6.29. The summed E-state index contributed by atoms with van der Waals surface area (Å²) >= 11 is 5.79. The van der Waals surface area contributed by atoms with Gasteiger partial charge in [-0.1, -0.05) is 11.6 Å². The number of alkyl halides is 2. The van der Waals surface area contributed by atoms with Crippen molar-refractivity contribution in [2.24, 2.45) is 11.8 Å². The normalized spacial score (nSPS) is 27.7. The molecule has 2 aliphatic rings. The van der Waals surface area contributed by atoms with Crippen LogP contribution in [0, 0.1) is 18.8 Å². The molecule has 3 atom stereocenters. The van der Waals surface area contributed by atoms with Crippen LogP contribution in [0.25, 0.3) is 11.1 Å². The summed E-state index contributed by atoms with van der Waals surface area (Å²) in [6.07, 6.45) is 2.26. The molecule has 2 fully saturated rings. The predicted octanol–water partition coefficient (Wildman–Crippen LogP) is 3.55. The number of nitrogens with one attached hydrogen (secondary N) is 1. The highest BCUT2D eigenvalue weighted by atomic mass is 35.5. The van der Waals surface area contributed by atoms with Crippen molar-refractivity contribution in [1.82, 2.24) is 15.0 Å². The van der Waals surface area contributed by atoms with E-state index in [2.05, 4.69) is 15.0 Å². The number of aromatic nitrogens is 3. The Labute approximate surface area is 135 Å². The van der Waals surface area contributed by atoms with Gasteiger partial charge in [0.25, 0.3) is 11.5 Å². The second-order valence-corrected chi connectivity index (χ2v) is 6.72. The first-order chi connectivity index (χ1) is 10.9. The van der Waals surface area contributed by atoms with Gasteiger partial charge >= 0.3 is 0 Å². The van der Waals surface area contributed by atoms with E-state index in [4.69, 9.17) is 11.6 Å². The molecule has 120 valence electrons. The average Bonchev–Trinajstić information content (AvgIpc) is 2.87. The number of fused-ring (bicyclic) bond motifs is 1. The van der Waals surface area contributed by atoms with Crippen LogP contribution in [0.3, 0.4) is 0 Å². The number of H-pyrrole nitrogens is 1. The van der Waals surface area contributed by atoms with E-state index in [-0.39, 0.29) is 11.5 Å². The molecule has 4 nitrogen and oxygen atoms in total. The lowest BCUT2D eigenvalue weighted by Crippen LogP contribution is -2.19. The third-order valence-electron chi connectivity index (χ3n) is 4.91. The highest BCUT2D eigenvalue weighted by Gasteiger charge is 2.71. The number of aromatic amines is 1. The summed E-state index contributed by atoms with van der Waals surface area (Å²) in [6, 6.07) is 3.30. The number of hydrogen-bond donors (Lipinski definition) is 1. The summed E-state index contributed by atoms with van der Waals surface area (Å²) < 4.78 is 26.9. The minimum absolute atomic E-state index is 0.115. The number of nitrogens with zero attached hydrogens (tertiary/aromatic N) is 2. The lowest BCUT2D eigenvalue weighted by Gasteiger charge is -2.17. The molecule has 4 rings (SSSR count). The Balaban J connectivity index is 1.78. The number of hydrogen-bond acceptors (Lipinski definition) is 3. The van der Waals surface area contributed by atoms with Crippen LogP contribution in [0.2, 0.25) is 5.15 Å². The fraction of sp³-hybridized carbons (Fsp3) is 0.438. The van der Waals surface area contributed by atoms with E-state index in [0.717, 1.165) is 0 Å². The van der Waals surface area contributed by atoms with Crippen molar-refractivity contribution >= 4 is 11.6 Å². The van der Waals surface area contributed by atoms with Gasteiger partial charge in [-0.2, -0.15) is 0 Å². The van der Waals surface area contributed by atoms with Crippen LogP contribution >= 0.6 is 11.6 Å². The summed E-state index contributed by atoms with van der Waals surface area (Å²) in [5.41, 5.74) is 1.34. The third kappa shape index (κ3) is 2.27. The van der Waals surface area contributed by atoms with Crippen LogP contribution in [0.15, 0.2) is 23.1 Å². The van der Waals surface area contributed by atoms with Crippen LogP contribution in [-0.2, 0) is 0 Å². The fourth-order valence-corrected chi connectivity index (χ4v) is 3.85. The maximum absolute atomic E-state index is 13.4. The smallest absolute Gasteiger partial charge is 0.259 e. The topological polar surface area (TPSA) is 58.6 Å². The molecule has 2 heterocycles. The summed E-state index contributed by atoms with van der Waals surface area (Å²) in [7, 11) is 0. The molecule has 1 N–H and O–H groups in total. The minimum Gasteiger partial charge on any atom is -0.310 e. The van der Waals surface area contributed by atoms with E-state index in [1.165, 1.54) is 6.20 Å². The van der Waals surface area contributed by atoms with Crippen molar-refractivity contribution in [3.63, 3.8) is 0 Å². The monoisotopic (exact) mass is 337 g/mol. The molecular formula is C16H14ClF2N3O. The van der Waals surface area contributed by atoms with Gasteiger partial charge < -0.3 is 4.98 Å². The van der Waals surface area contributed by atoms with Crippen molar-refractivity contribution in [3.05, 3.63) is 45.4 Å². The molecule has 0 bridgehead atoms. The average molecular weight is 338 g/mol. The lowest BCUT2D eigenvalue weighted by atomic mass is 9.92. The predicted molar refractivity (Wildman–Crippen MR) is 81.7 cm³/mol. The molecule has 2 saturated carbocycles. The van der Waals surface area contributed by atoms with Crippen LogP contribution in [0.5, 0.6) is 0 Å². The Kier molecular flexibility index (Phi) is 3.10. The van der Waals surface area contributed by atoms with Gasteiger partial charge in [0, 0.05) is 29.5 Å². The maximum atomic E-state index is 13.4. The van der Waals surface area contributed by atoms with Crippen molar-refractivity contribution in [2.45, 2.75) is 31.6 Å². The minimum atomic E-state index is -2.53. The summed E-state index contributed by atoms with van der Waals surface area (Å²) in [5.74, 6) is -3.29. The molecule has 2 aromatic heterocycles. The second-order valence-electron chi connectivity index (χ2n) is 6.34. The van der Waals surface area contributed by atoms with Crippen molar-refractivity contribution < 1.29 is 8.78 Å². The molecule has 0 amide bonds. The lowest BCUT2D eigenvalue weighted by molar-refractivity contribution is 0.0693. The van der Waals surface area contributed by atoms with E-state index in [9.17, 15) is 13.6 Å². The first kappa shape index (κ1) is 14.8. The number of pyridine rings is 1. The molecule has 23 heavy (non-hydrogen) atoms. The Morgan fingerprint density at radius 3 is 2.61 bits per heavy atom. The van der Waals surface area contributed by atoms with Gasteiger partial charge in [-0.3, -0.25) is 4.79 Å². The molecule has 0 radical (unpaired) electrons. The molecule has 2 aromatic rings. The molecule has 7 heteroatoms. The summed E-state index contributed by atoms with van der Waals surface area (Å²) in [5, 5.41) is 0.327. The Bertz CT molecular complexity index is 820. The van der Waals surface area contributed by atoms with Crippen molar-refractivity contribution in [3.8, 4) is 11.1 Å². The SMILES string of the molecule is Cc1nc([C@H]2C[C@@H]3[C@H](C2)C3(F)F)c(-c2ccc(Cl)nc2)c(=O)[nH]1. The molecule has 0 saturated heterocycles. The first-order valence-corrected chi connectivity index (χ1v) is 7.86. The fourth-order valence-electron chi connectivity index (χ4n) is 3.74. The quantitative estimate of drug-likeness (QED) is 0.852. The second kappa shape index (κ2) is 4.84. The van der Waals surface area contributed by atoms with Crippen LogP contribution in [0.1, 0.15) is 30.3 Å². The maximum Gasteiger partial charge on any atom is 0.259 e. The number of halogens is 3. The van der Waals surface area contributed by atoms with E-state index in [1.807, 2.05) is 0 Å². The number of aryl methyl sites for hydroxylation is 1. The van der Waals surface area contributed by atoms with Gasteiger partial charge in [0.2, 0.25) is 0 Å². The zero-order valence-corrected chi connectivity index (χ0v) is 13.1. The molecule has 0 aromatic carbocycles. The number of rotatable bonds is 2. The van der Waals surface area contributed by atoms with E-state index in [0.29, 0.717) is 40.6 Å². The summed E-state index contributed by atoms with van der Waals surface area (Å²) in [4.78, 5) is 23.6. The van der Waals surface area contributed by atoms with Crippen molar-refractivity contribution in [1.29, 1.82) is 0 Å². The Hall–Kier alpha value is -1.82. The molecule has 0 unspecified atom stereocenters. The van der Waals surface area contributed by atoms with E-state index >= 15 is 0 Å². The largest absolute Gasteiger partial charge is 0.310 e. The Morgan fingerprint density at radius 2 is 2.00 bits per heavy atom. The third-order valence-corrected chi connectivity index (χ3v) is 5.13. The van der Waals surface area contributed by atoms with Gasteiger partial charge in [-0.05, 0) is 31.9 Å². The summed E-state index contributed by atoms with van der Waals surface area (Å²) in [6.45, 7) is 1.69. The van der Waals surface area contributed by atoms with Gasteiger partial charge in [0.15, 0.2) is 0 Å². The molecule has 0 aliphatic heterocycles. The van der Waals surface area contributed by atoms with Crippen LogP contribution in [0.4, 0.5) is 8.78 Å². The van der Waals surface area contributed by atoms with Crippen molar-refractivity contribution in [2.75, 3.05) is 0 Å². The molecule has 0 spiro atoms. The van der Waals surface area contributed by atoms with Gasteiger partial charge in [-0.25, -0.2) is 18.7 Å². The zero-order valence-electron chi connectivity index (χ0n) is 12.3.